The van der Waals surface area contributed by atoms with E-state index in [1.54, 1.807) is 42.7 Å². The minimum Gasteiger partial charge on any atom is -0.493 e. The molecular weight excluding hydrogens is 829 g/mol. The SMILES string of the molecule is COc1cc(N(c2ccccc2)c2ccc3c(ccc4c5cc6oc7c8ccc(N(c9ccccc9)c9cc(OC)c(OC)c(OC)c9)cc8ccc7c6cc5oc34)c2)cc(OC)c1OC. The van der Waals surface area contributed by atoms with Gasteiger partial charge in [0.2, 0.25) is 11.5 Å². The summed E-state index contributed by atoms with van der Waals surface area (Å²) < 4.78 is 47.8. The summed E-state index contributed by atoms with van der Waals surface area (Å²) in [5, 5.41) is 8.07. The van der Waals surface area contributed by atoms with Crippen molar-refractivity contribution in [1.82, 2.24) is 0 Å². The number of fused-ring (bicyclic) bond motifs is 10. The number of hydrogen-bond acceptors (Lipinski definition) is 10. The van der Waals surface area contributed by atoms with E-state index in [2.05, 4.69) is 107 Å². The predicted molar refractivity (Wildman–Crippen MR) is 265 cm³/mol. The Morgan fingerprint density at radius 3 is 1.02 bits per heavy atom. The van der Waals surface area contributed by atoms with Gasteiger partial charge in [-0.3, -0.25) is 0 Å². The largest absolute Gasteiger partial charge is 0.493 e. The van der Waals surface area contributed by atoms with Crippen molar-refractivity contribution in [3.63, 3.8) is 0 Å². The highest BCUT2D eigenvalue weighted by molar-refractivity contribution is 6.21. The number of benzene rings is 9. The van der Waals surface area contributed by atoms with Gasteiger partial charge in [0.05, 0.1) is 54.0 Å². The maximum Gasteiger partial charge on any atom is 0.203 e. The van der Waals surface area contributed by atoms with E-state index in [4.69, 9.17) is 37.3 Å². The van der Waals surface area contributed by atoms with Crippen LogP contribution in [0.3, 0.4) is 0 Å². The molecule has 0 fully saturated rings. The highest BCUT2D eigenvalue weighted by Crippen LogP contribution is 2.48. The van der Waals surface area contributed by atoms with E-state index in [1.165, 1.54) is 0 Å². The molecule has 0 unspecified atom stereocenters. The second kappa shape index (κ2) is 16.2. The number of hydrogen-bond donors (Lipinski definition) is 0. The molecule has 2 heterocycles. The lowest BCUT2D eigenvalue weighted by molar-refractivity contribution is 0.324. The summed E-state index contributed by atoms with van der Waals surface area (Å²) >= 11 is 0. The Morgan fingerprint density at radius 1 is 0.303 bits per heavy atom. The van der Waals surface area contributed by atoms with E-state index < -0.39 is 0 Å². The summed E-state index contributed by atoms with van der Waals surface area (Å²) in [7, 11) is 9.72. The van der Waals surface area contributed by atoms with Gasteiger partial charge in [0.25, 0.3) is 0 Å². The Labute approximate surface area is 380 Å². The summed E-state index contributed by atoms with van der Waals surface area (Å²) in [5.74, 6) is 3.33. The third kappa shape index (κ3) is 6.48. The van der Waals surface area contributed by atoms with Crippen molar-refractivity contribution in [2.75, 3.05) is 52.5 Å². The Morgan fingerprint density at radius 2 is 0.667 bits per heavy atom. The van der Waals surface area contributed by atoms with Gasteiger partial charge in [-0.15, -0.1) is 0 Å². The van der Waals surface area contributed by atoms with E-state index in [-0.39, 0.29) is 0 Å². The molecule has 0 radical (unpaired) electrons. The highest BCUT2D eigenvalue weighted by Gasteiger charge is 2.23. The van der Waals surface area contributed by atoms with Crippen molar-refractivity contribution < 1.29 is 37.3 Å². The van der Waals surface area contributed by atoms with Crippen molar-refractivity contribution in [3.8, 4) is 34.5 Å². The summed E-state index contributed by atoms with van der Waals surface area (Å²) in [6.45, 7) is 0. The normalized spacial score (nSPS) is 11.5. The van der Waals surface area contributed by atoms with Gasteiger partial charge < -0.3 is 47.1 Å². The van der Waals surface area contributed by atoms with Crippen LogP contribution in [0.4, 0.5) is 34.1 Å². The first kappa shape index (κ1) is 40.3. The molecule has 0 amide bonds. The second-order valence-electron chi connectivity index (χ2n) is 15.9. The molecule has 0 spiro atoms. The second-order valence-corrected chi connectivity index (χ2v) is 15.9. The first-order valence-corrected chi connectivity index (χ1v) is 21.4. The van der Waals surface area contributed by atoms with Gasteiger partial charge in [0.15, 0.2) is 23.0 Å². The summed E-state index contributed by atoms with van der Waals surface area (Å²) in [4.78, 5) is 4.34. The first-order chi connectivity index (χ1) is 32.4. The topological polar surface area (TPSA) is 88.1 Å². The van der Waals surface area contributed by atoms with Crippen LogP contribution in [0, 0.1) is 0 Å². The van der Waals surface area contributed by atoms with Crippen molar-refractivity contribution in [2.24, 2.45) is 0 Å². The third-order valence-corrected chi connectivity index (χ3v) is 12.4. The summed E-state index contributed by atoms with van der Waals surface area (Å²) in [5.41, 5.74) is 8.79. The number of para-hydroxylation sites is 2. The zero-order valence-electron chi connectivity index (χ0n) is 37.2. The van der Waals surface area contributed by atoms with E-state index >= 15 is 0 Å². The number of ether oxygens (including phenoxy) is 6. The molecule has 0 aliphatic rings. The number of nitrogens with zero attached hydrogens (tertiary/aromatic N) is 2. The smallest absolute Gasteiger partial charge is 0.203 e. The van der Waals surface area contributed by atoms with Crippen LogP contribution in [0.1, 0.15) is 0 Å². The fourth-order valence-corrected chi connectivity index (χ4v) is 9.31. The molecule has 0 bridgehead atoms. The van der Waals surface area contributed by atoms with E-state index in [1.807, 2.05) is 60.7 Å². The summed E-state index contributed by atoms with van der Waals surface area (Å²) in [6, 6.07) is 53.9. The molecule has 66 heavy (non-hydrogen) atoms. The van der Waals surface area contributed by atoms with Crippen LogP contribution in [0.2, 0.25) is 0 Å². The van der Waals surface area contributed by atoms with Gasteiger partial charge in [-0.2, -0.15) is 0 Å². The van der Waals surface area contributed by atoms with Gasteiger partial charge in [-0.1, -0.05) is 48.5 Å². The van der Waals surface area contributed by atoms with Crippen LogP contribution in [-0.2, 0) is 0 Å². The van der Waals surface area contributed by atoms with Crippen LogP contribution in [0.5, 0.6) is 34.5 Å². The zero-order chi connectivity index (χ0) is 45.1. The van der Waals surface area contributed by atoms with Gasteiger partial charge in [-0.25, -0.2) is 0 Å². The molecule has 9 aromatic carbocycles. The third-order valence-electron chi connectivity index (χ3n) is 12.4. The van der Waals surface area contributed by atoms with Crippen LogP contribution >= 0.6 is 0 Å². The monoisotopic (exact) mass is 872 g/mol. The fraction of sp³-hybridized carbons (Fsp3) is 0.107. The van der Waals surface area contributed by atoms with Crippen LogP contribution in [0.15, 0.2) is 167 Å². The van der Waals surface area contributed by atoms with Gasteiger partial charge in [0.1, 0.15) is 22.3 Å². The zero-order valence-corrected chi connectivity index (χ0v) is 37.2. The molecule has 0 atom stereocenters. The average Bonchev–Trinajstić information content (AvgIpc) is 3.93. The standard InChI is InChI=1S/C56H44N2O8/c1-59-49-27-39(28-50(60-2)55(49)63-5)57(35-13-9-7-10-14-35)37-19-23-41-33(25-37)17-21-43-45-31-48-46(32-47(45)65-53(41)43)44-22-18-34-26-38(20-24-42(34)54(44)66-48)58(36-15-11-8-12-16-36)40-29-51(61-3)56(64-6)52(30-40)62-4/h7-32H,1-6H3. The molecule has 0 saturated heterocycles. The molecule has 0 saturated carbocycles. The molecule has 0 aliphatic heterocycles. The average molecular weight is 873 g/mol. The van der Waals surface area contributed by atoms with Crippen molar-refractivity contribution in [3.05, 3.63) is 158 Å². The molecule has 2 aromatic heterocycles. The molecule has 0 N–H and O–H groups in total. The van der Waals surface area contributed by atoms with Gasteiger partial charge in [0, 0.05) is 79.3 Å². The van der Waals surface area contributed by atoms with E-state index in [9.17, 15) is 0 Å². The lowest BCUT2D eigenvalue weighted by Gasteiger charge is -2.27. The molecule has 11 rings (SSSR count). The van der Waals surface area contributed by atoms with Crippen LogP contribution in [-0.4, -0.2) is 42.7 Å². The van der Waals surface area contributed by atoms with Crippen LogP contribution < -0.4 is 38.2 Å². The summed E-state index contributed by atoms with van der Waals surface area (Å²) in [6.07, 6.45) is 0. The quantitative estimate of drug-likeness (QED) is 0.118. The highest BCUT2D eigenvalue weighted by atomic mass is 16.5. The first-order valence-electron chi connectivity index (χ1n) is 21.4. The van der Waals surface area contributed by atoms with E-state index in [0.717, 1.165) is 99.5 Å². The van der Waals surface area contributed by atoms with Crippen molar-refractivity contribution in [1.29, 1.82) is 0 Å². The maximum absolute atomic E-state index is 6.78. The number of furan rings is 2. The fourth-order valence-electron chi connectivity index (χ4n) is 9.31. The molecular formula is C56H44N2O8. The minimum atomic E-state index is 0.533. The Hall–Kier alpha value is -8.50. The van der Waals surface area contributed by atoms with Crippen LogP contribution in [0.25, 0.3) is 65.4 Å². The number of rotatable bonds is 12. The number of methoxy groups -OCH3 is 6. The van der Waals surface area contributed by atoms with Gasteiger partial charge >= 0.3 is 0 Å². The lowest BCUT2D eigenvalue weighted by Crippen LogP contribution is -2.10. The Kier molecular flexibility index (Phi) is 9.92. The van der Waals surface area contributed by atoms with Gasteiger partial charge in [-0.05, 0) is 95.7 Å². The lowest BCUT2D eigenvalue weighted by atomic mass is 10.0. The molecule has 10 nitrogen and oxygen atoms in total. The molecule has 11 aromatic rings. The number of anilines is 6. The molecule has 10 heteroatoms. The molecule has 0 aliphatic carbocycles. The van der Waals surface area contributed by atoms with E-state index in [0.29, 0.717) is 34.5 Å². The Bertz CT molecular complexity index is 3350. The maximum atomic E-state index is 6.78. The predicted octanol–water partition coefficient (Wildman–Crippen LogP) is 14.8. The molecule has 326 valence electrons. The minimum absolute atomic E-state index is 0.533. The van der Waals surface area contributed by atoms with Crippen molar-refractivity contribution in [2.45, 2.75) is 0 Å². The van der Waals surface area contributed by atoms with Crippen molar-refractivity contribution >= 4 is 99.5 Å². The Balaban J connectivity index is 0.998.